The molecular formula is C22H31N3O4S. The Balaban J connectivity index is 1.74. The van der Waals surface area contributed by atoms with Crippen LogP contribution in [0.4, 0.5) is 0 Å². The van der Waals surface area contributed by atoms with Crippen molar-refractivity contribution in [2.45, 2.75) is 57.1 Å². The number of carbonyl (C=O) groups excluding carboxylic acids is 1. The first-order chi connectivity index (χ1) is 14.2. The number of piperidine rings is 1. The second-order valence-electron chi connectivity index (χ2n) is 8.07. The molecule has 1 unspecified atom stereocenters. The van der Waals surface area contributed by atoms with Crippen LogP contribution in [0.25, 0.3) is 0 Å². The van der Waals surface area contributed by atoms with E-state index in [1.54, 1.807) is 11.6 Å². The molecular weight excluding hydrogens is 402 g/mol. The molecule has 30 heavy (non-hydrogen) atoms. The van der Waals surface area contributed by atoms with Gasteiger partial charge in [-0.25, -0.2) is 8.42 Å². The molecule has 1 fully saturated rings. The fourth-order valence-electron chi connectivity index (χ4n) is 3.64. The number of aromatic nitrogens is 1. The number of aryl methyl sites for hydroxylation is 1. The van der Waals surface area contributed by atoms with E-state index < -0.39 is 10.0 Å². The highest BCUT2D eigenvalue weighted by Gasteiger charge is 2.28. The van der Waals surface area contributed by atoms with E-state index in [-0.39, 0.29) is 22.9 Å². The average molecular weight is 434 g/mol. The van der Waals surface area contributed by atoms with Gasteiger partial charge in [0.05, 0.1) is 12.1 Å². The predicted molar refractivity (Wildman–Crippen MR) is 116 cm³/mol. The van der Waals surface area contributed by atoms with E-state index in [0.29, 0.717) is 18.8 Å². The predicted octanol–water partition coefficient (Wildman–Crippen LogP) is 3.48. The Bertz CT molecular complexity index is 992. The zero-order valence-corrected chi connectivity index (χ0v) is 18.9. The summed E-state index contributed by atoms with van der Waals surface area (Å²) in [6.07, 6.45) is 4.37. The highest BCUT2D eigenvalue weighted by molar-refractivity contribution is 7.89. The highest BCUT2D eigenvalue weighted by Crippen LogP contribution is 2.24. The van der Waals surface area contributed by atoms with Gasteiger partial charge in [0.25, 0.3) is 5.91 Å². The smallest absolute Gasteiger partial charge is 0.268 e. The van der Waals surface area contributed by atoms with E-state index in [2.05, 4.69) is 5.32 Å². The van der Waals surface area contributed by atoms with E-state index in [4.69, 9.17) is 4.74 Å². The first-order valence-electron chi connectivity index (χ1n) is 10.4. The van der Waals surface area contributed by atoms with Crippen molar-refractivity contribution >= 4 is 15.9 Å². The van der Waals surface area contributed by atoms with Crippen molar-refractivity contribution in [3.05, 3.63) is 47.8 Å². The van der Waals surface area contributed by atoms with Crippen molar-refractivity contribution in [2.24, 2.45) is 7.05 Å². The van der Waals surface area contributed by atoms with E-state index in [1.807, 2.05) is 45.0 Å². The first kappa shape index (κ1) is 22.4. The minimum Gasteiger partial charge on any atom is -0.491 e. The standard InChI is InChI=1S/C22H31N3O4S/c1-16(2)29-19-10-8-9-18(13-19)17(3)23-22(26)21-14-20(15-24(21)4)30(27,28)25-11-6-5-7-12-25/h8-10,13-17H,5-7,11-12H2,1-4H3,(H,23,26). The van der Waals surface area contributed by atoms with Gasteiger partial charge in [-0.15, -0.1) is 0 Å². The third-order valence-corrected chi connectivity index (χ3v) is 7.11. The fourth-order valence-corrected chi connectivity index (χ4v) is 5.23. The lowest BCUT2D eigenvalue weighted by atomic mass is 10.1. The summed E-state index contributed by atoms with van der Waals surface area (Å²) in [4.78, 5) is 13.0. The number of amides is 1. The molecule has 2 heterocycles. The number of benzene rings is 1. The van der Waals surface area contributed by atoms with Crippen LogP contribution in [0.1, 0.15) is 62.1 Å². The number of ether oxygens (including phenoxy) is 1. The summed E-state index contributed by atoms with van der Waals surface area (Å²) in [5.74, 6) is 0.428. The second kappa shape index (κ2) is 9.22. The molecule has 3 rings (SSSR count). The number of hydrogen-bond acceptors (Lipinski definition) is 4. The molecule has 0 radical (unpaired) electrons. The number of hydrogen-bond donors (Lipinski definition) is 1. The lowest BCUT2D eigenvalue weighted by Gasteiger charge is -2.25. The molecule has 8 heteroatoms. The average Bonchev–Trinajstić information content (AvgIpc) is 3.11. The zero-order valence-electron chi connectivity index (χ0n) is 18.1. The van der Waals surface area contributed by atoms with E-state index in [9.17, 15) is 13.2 Å². The van der Waals surface area contributed by atoms with Crippen LogP contribution in [0.3, 0.4) is 0 Å². The molecule has 0 bridgehead atoms. The summed E-state index contributed by atoms with van der Waals surface area (Å²) in [5.41, 5.74) is 1.23. The SMILES string of the molecule is CC(C)Oc1cccc(C(C)NC(=O)c2cc(S(=O)(=O)N3CCCCC3)cn2C)c1. The topological polar surface area (TPSA) is 80.6 Å². The van der Waals surface area contributed by atoms with Gasteiger partial charge in [-0.1, -0.05) is 18.6 Å². The minimum atomic E-state index is -3.58. The van der Waals surface area contributed by atoms with Gasteiger partial charge in [0.1, 0.15) is 16.3 Å². The Labute approximate surface area is 179 Å². The fraction of sp³-hybridized carbons (Fsp3) is 0.500. The summed E-state index contributed by atoms with van der Waals surface area (Å²) >= 11 is 0. The third kappa shape index (κ3) is 5.05. The lowest BCUT2D eigenvalue weighted by molar-refractivity contribution is 0.0931. The Hall–Kier alpha value is -2.32. The summed E-state index contributed by atoms with van der Waals surface area (Å²) in [7, 11) is -1.89. The second-order valence-corrected chi connectivity index (χ2v) is 10.0. The van der Waals surface area contributed by atoms with Gasteiger partial charge in [0.15, 0.2) is 0 Å². The molecule has 164 valence electrons. The maximum Gasteiger partial charge on any atom is 0.268 e. The first-order valence-corrected chi connectivity index (χ1v) is 11.9. The van der Waals surface area contributed by atoms with Crippen molar-refractivity contribution < 1.29 is 17.9 Å². The van der Waals surface area contributed by atoms with Crippen LogP contribution in [-0.2, 0) is 17.1 Å². The number of carbonyl (C=O) groups is 1. The van der Waals surface area contributed by atoms with Crippen molar-refractivity contribution in [3.63, 3.8) is 0 Å². The third-order valence-electron chi connectivity index (χ3n) is 5.24. The lowest BCUT2D eigenvalue weighted by Crippen LogP contribution is -2.35. The van der Waals surface area contributed by atoms with Gasteiger partial charge >= 0.3 is 0 Å². The van der Waals surface area contributed by atoms with Crippen LogP contribution in [0.2, 0.25) is 0 Å². The van der Waals surface area contributed by atoms with Gasteiger partial charge in [0, 0.05) is 26.3 Å². The Morgan fingerprint density at radius 1 is 1.10 bits per heavy atom. The molecule has 1 N–H and O–H groups in total. The summed E-state index contributed by atoms with van der Waals surface area (Å²) in [6.45, 7) is 6.88. The number of nitrogens with one attached hydrogen (secondary N) is 1. The maximum atomic E-state index is 12.9. The summed E-state index contributed by atoms with van der Waals surface area (Å²) in [6, 6.07) is 8.81. The molecule has 7 nitrogen and oxygen atoms in total. The van der Waals surface area contributed by atoms with Gasteiger partial charge in [-0.3, -0.25) is 4.79 Å². The van der Waals surface area contributed by atoms with Crippen LogP contribution in [0, 0.1) is 0 Å². The van der Waals surface area contributed by atoms with Crippen molar-refractivity contribution in [3.8, 4) is 5.75 Å². The van der Waals surface area contributed by atoms with Crippen LogP contribution in [0.5, 0.6) is 5.75 Å². The van der Waals surface area contributed by atoms with Crippen LogP contribution in [-0.4, -0.2) is 42.4 Å². The molecule has 1 amide bonds. The van der Waals surface area contributed by atoms with Gasteiger partial charge < -0.3 is 14.6 Å². The highest BCUT2D eigenvalue weighted by atomic mass is 32.2. The Morgan fingerprint density at radius 2 is 1.80 bits per heavy atom. The molecule has 0 spiro atoms. The molecule has 2 aromatic rings. The Morgan fingerprint density at radius 3 is 2.47 bits per heavy atom. The molecule has 0 saturated carbocycles. The summed E-state index contributed by atoms with van der Waals surface area (Å²) in [5, 5.41) is 2.95. The van der Waals surface area contributed by atoms with Crippen molar-refractivity contribution in [1.82, 2.24) is 14.2 Å². The summed E-state index contributed by atoms with van der Waals surface area (Å²) < 4.78 is 34.6. The molecule has 1 aliphatic heterocycles. The van der Waals surface area contributed by atoms with Gasteiger partial charge in [0.2, 0.25) is 10.0 Å². The minimum absolute atomic E-state index is 0.0637. The van der Waals surface area contributed by atoms with Crippen LogP contribution >= 0.6 is 0 Å². The van der Waals surface area contributed by atoms with E-state index in [0.717, 1.165) is 30.6 Å². The number of rotatable bonds is 7. The van der Waals surface area contributed by atoms with Gasteiger partial charge in [-0.2, -0.15) is 4.31 Å². The van der Waals surface area contributed by atoms with E-state index >= 15 is 0 Å². The van der Waals surface area contributed by atoms with Crippen LogP contribution < -0.4 is 10.1 Å². The molecule has 1 saturated heterocycles. The maximum absolute atomic E-state index is 12.9. The Kier molecular flexibility index (Phi) is 6.88. The molecule has 0 aliphatic carbocycles. The van der Waals surface area contributed by atoms with Gasteiger partial charge in [-0.05, 0) is 57.4 Å². The normalized spacial score (nSPS) is 16.4. The monoisotopic (exact) mass is 433 g/mol. The van der Waals surface area contributed by atoms with E-state index in [1.165, 1.54) is 16.6 Å². The number of nitrogens with zero attached hydrogens (tertiary/aromatic N) is 2. The van der Waals surface area contributed by atoms with Crippen LogP contribution in [0.15, 0.2) is 41.4 Å². The largest absolute Gasteiger partial charge is 0.491 e. The zero-order chi connectivity index (χ0) is 21.9. The molecule has 1 aromatic heterocycles. The number of sulfonamides is 1. The molecule has 1 atom stereocenters. The van der Waals surface area contributed by atoms with Crippen molar-refractivity contribution in [1.29, 1.82) is 0 Å². The van der Waals surface area contributed by atoms with Crippen molar-refractivity contribution in [2.75, 3.05) is 13.1 Å². The quantitative estimate of drug-likeness (QED) is 0.725. The molecule has 1 aromatic carbocycles. The molecule has 1 aliphatic rings.